The Labute approximate surface area is 151 Å². The van der Waals surface area contributed by atoms with Crippen LogP contribution in [0.4, 0.5) is 5.13 Å². The number of unbranched alkanes of at least 4 members (excludes halogenated alkanes) is 2. The summed E-state index contributed by atoms with van der Waals surface area (Å²) in [5, 5.41) is 10.4. The normalized spacial score (nSPS) is 10.4. The maximum Gasteiger partial charge on any atom is 0.183 e. The minimum atomic E-state index is 0. The number of benzene rings is 1. The van der Waals surface area contributed by atoms with E-state index in [1.807, 2.05) is 41.8 Å². The zero-order valence-electron chi connectivity index (χ0n) is 13.3. The molecule has 3 rings (SSSR count). The quantitative estimate of drug-likeness (QED) is 0.578. The predicted molar refractivity (Wildman–Crippen MR) is 102 cm³/mol. The van der Waals surface area contributed by atoms with E-state index in [1.165, 1.54) is 0 Å². The predicted octanol–water partition coefficient (Wildman–Crippen LogP) is 4.43. The highest BCUT2D eigenvalue weighted by Gasteiger charge is 2.11. The average molecular weight is 365 g/mol. The van der Waals surface area contributed by atoms with Crippen LogP contribution in [-0.2, 0) is 0 Å². The van der Waals surface area contributed by atoms with Crippen LogP contribution >= 0.6 is 23.7 Å². The van der Waals surface area contributed by atoms with E-state index in [0.717, 1.165) is 60.2 Å². The van der Waals surface area contributed by atoms with E-state index in [2.05, 4.69) is 15.5 Å². The molecule has 0 spiro atoms. The van der Waals surface area contributed by atoms with E-state index < -0.39 is 0 Å². The number of aromatic nitrogens is 2. The van der Waals surface area contributed by atoms with Gasteiger partial charge in [-0.25, -0.2) is 4.98 Å². The van der Waals surface area contributed by atoms with Crippen molar-refractivity contribution in [2.75, 3.05) is 18.4 Å². The monoisotopic (exact) mass is 364 g/mol. The van der Waals surface area contributed by atoms with Gasteiger partial charge in [0.1, 0.15) is 11.4 Å². The van der Waals surface area contributed by atoms with Crippen LogP contribution in [0.3, 0.4) is 0 Å². The fourth-order valence-electron chi connectivity index (χ4n) is 2.25. The highest BCUT2D eigenvalue weighted by Crippen LogP contribution is 2.28. The molecular weight excluding hydrogens is 344 g/mol. The van der Waals surface area contributed by atoms with Crippen LogP contribution in [0.15, 0.2) is 46.3 Å². The summed E-state index contributed by atoms with van der Waals surface area (Å²) in [6.07, 6.45) is 3.33. The van der Waals surface area contributed by atoms with Crippen molar-refractivity contribution in [2.45, 2.75) is 19.3 Å². The molecule has 5 nitrogen and oxygen atoms in total. The molecule has 2 aromatic heterocycles. The molecule has 0 saturated carbocycles. The molecule has 0 fully saturated rings. The molecule has 3 N–H and O–H groups in total. The van der Waals surface area contributed by atoms with Crippen LogP contribution in [0.2, 0.25) is 0 Å². The number of nitrogens with one attached hydrogen (secondary N) is 1. The Balaban J connectivity index is 0.00000208. The number of nitrogens with two attached hydrogens (primary N) is 1. The summed E-state index contributed by atoms with van der Waals surface area (Å²) in [5.74, 6) is 0.755. The largest absolute Gasteiger partial charge is 0.362 e. The molecule has 24 heavy (non-hydrogen) atoms. The maximum atomic E-state index is 5.49. The van der Waals surface area contributed by atoms with E-state index in [9.17, 15) is 0 Å². The molecule has 0 bridgehead atoms. The van der Waals surface area contributed by atoms with Crippen molar-refractivity contribution >= 4 is 28.9 Å². The summed E-state index contributed by atoms with van der Waals surface area (Å²) in [5.41, 5.74) is 8.10. The first-order valence-corrected chi connectivity index (χ1v) is 8.67. The standard InChI is InChI=1S/C17H20N4OS.ClH/c18-9-5-2-6-10-19-17-20-15(12-23-17)14-11-16(22-21-14)13-7-3-1-4-8-13;/h1,3-4,7-8,11-12H,2,5-6,9-10,18H2,(H,19,20);1H. The van der Waals surface area contributed by atoms with Crippen LogP contribution in [0.5, 0.6) is 0 Å². The van der Waals surface area contributed by atoms with Gasteiger partial charge in [-0.3, -0.25) is 0 Å². The first-order valence-electron chi connectivity index (χ1n) is 7.79. The van der Waals surface area contributed by atoms with E-state index in [0.29, 0.717) is 0 Å². The molecule has 3 aromatic rings. The lowest BCUT2D eigenvalue weighted by atomic mass is 10.1. The van der Waals surface area contributed by atoms with Crippen molar-refractivity contribution in [2.24, 2.45) is 5.73 Å². The van der Waals surface area contributed by atoms with Gasteiger partial charge in [-0.05, 0) is 19.4 Å². The summed E-state index contributed by atoms with van der Waals surface area (Å²) < 4.78 is 5.42. The number of halogens is 1. The molecule has 0 atom stereocenters. The number of thiazole rings is 1. The van der Waals surface area contributed by atoms with E-state index >= 15 is 0 Å². The SMILES string of the molecule is Cl.NCCCCCNc1nc(-c2cc(-c3ccccc3)on2)cs1. The van der Waals surface area contributed by atoms with Crippen molar-refractivity contribution in [3.63, 3.8) is 0 Å². The minimum absolute atomic E-state index is 0. The number of nitrogens with zero attached hydrogens (tertiary/aromatic N) is 2. The van der Waals surface area contributed by atoms with Crippen LogP contribution in [0.1, 0.15) is 19.3 Å². The van der Waals surface area contributed by atoms with Gasteiger partial charge in [-0.2, -0.15) is 0 Å². The van der Waals surface area contributed by atoms with Crippen molar-refractivity contribution in [1.29, 1.82) is 0 Å². The molecule has 0 saturated heterocycles. The van der Waals surface area contributed by atoms with Gasteiger partial charge in [0, 0.05) is 23.6 Å². The number of rotatable bonds is 8. The molecule has 0 aliphatic carbocycles. The Morgan fingerprint density at radius 2 is 1.92 bits per heavy atom. The summed E-state index contributed by atoms with van der Waals surface area (Å²) in [6, 6.07) is 11.9. The first-order chi connectivity index (χ1) is 11.4. The summed E-state index contributed by atoms with van der Waals surface area (Å²) in [4.78, 5) is 4.57. The van der Waals surface area contributed by atoms with Gasteiger partial charge in [-0.15, -0.1) is 23.7 Å². The highest BCUT2D eigenvalue weighted by atomic mass is 35.5. The molecule has 0 aliphatic heterocycles. The molecule has 7 heteroatoms. The van der Waals surface area contributed by atoms with Crippen molar-refractivity contribution < 1.29 is 4.52 Å². The molecule has 0 aliphatic rings. The molecular formula is C17H21ClN4OS. The fourth-order valence-corrected chi connectivity index (χ4v) is 2.98. The van der Waals surface area contributed by atoms with Crippen LogP contribution < -0.4 is 11.1 Å². The Hall–Kier alpha value is -1.89. The van der Waals surface area contributed by atoms with Gasteiger partial charge in [0.15, 0.2) is 10.9 Å². The third-order valence-corrected chi connectivity index (χ3v) is 4.29. The second kappa shape index (κ2) is 9.42. The van der Waals surface area contributed by atoms with Crippen LogP contribution in [0.25, 0.3) is 22.7 Å². The highest BCUT2D eigenvalue weighted by molar-refractivity contribution is 7.14. The number of anilines is 1. The Kier molecular flexibility index (Phi) is 7.24. The van der Waals surface area contributed by atoms with Gasteiger partial charge in [0.05, 0.1) is 0 Å². The van der Waals surface area contributed by atoms with Gasteiger partial charge in [-0.1, -0.05) is 41.9 Å². The van der Waals surface area contributed by atoms with Crippen LogP contribution in [0, 0.1) is 0 Å². The lowest BCUT2D eigenvalue weighted by molar-refractivity contribution is 0.434. The average Bonchev–Trinajstić information content (AvgIpc) is 3.25. The van der Waals surface area contributed by atoms with Crippen LogP contribution in [-0.4, -0.2) is 23.2 Å². The number of hydrogen-bond donors (Lipinski definition) is 2. The van der Waals surface area contributed by atoms with E-state index in [4.69, 9.17) is 10.3 Å². The zero-order chi connectivity index (χ0) is 15.9. The minimum Gasteiger partial charge on any atom is -0.362 e. The van der Waals surface area contributed by atoms with Crippen molar-refractivity contribution in [3.8, 4) is 22.7 Å². The van der Waals surface area contributed by atoms with Crippen molar-refractivity contribution in [1.82, 2.24) is 10.1 Å². The second-order valence-corrected chi connectivity index (χ2v) is 6.11. The molecule has 0 radical (unpaired) electrons. The lowest BCUT2D eigenvalue weighted by Gasteiger charge is -2.01. The zero-order valence-corrected chi connectivity index (χ0v) is 14.9. The molecule has 0 unspecified atom stereocenters. The number of hydrogen-bond acceptors (Lipinski definition) is 6. The van der Waals surface area contributed by atoms with Gasteiger partial charge < -0.3 is 15.6 Å². The smallest absolute Gasteiger partial charge is 0.183 e. The van der Waals surface area contributed by atoms with Crippen molar-refractivity contribution in [3.05, 3.63) is 41.8 Å². The van der Waals surface area contributed by atoms with E-state index in [1.54, 1.807) is 11.3 Å². The summed E-state index contributed by atoms with van der Waals surface area (Å²) >= 11 is 1.58. The second-order valence-electron chi connectivity index (χ2n) is 5.26. The maximum absolute atomic E-state index is 5.49. The van der Waals surface area contributed by atoms with E-state index in [-0.39, 0.29) is 12.4 Å². The summed E-state index contributed by atoms with van der Waals surface area (Å²) in [6.45, 7) is 1.68. The Morgan fingerprint density at radius 3 is 2.71 bits per heavy atom. The third-order valence-electron chi connectivity index (χ3n) is 3.49. The van der Waals surface area contributed by atoms with Gasteiger partial charge in [0.2, 0.25) is 0 Å². The van der Waals surface area contributed by atoms with Gasteiger partial charge in [0.25, 0.3) is 0 Å². The summed E-state index contributed by atoms with van der Waals surface area (Å²) in [7, 11) is 0. The first kappa shape index (κ1) is 18.4. The van der Waals surface area contributed by atoms with Gasteiger partial charge >= 0.3 is 0 Å². The lowest BCUT2D eigenvalue weighted by Crippen LogP contribution is -2.03. The molecule has 128 valence electrons. The third kappa shape index (κ3) is 4.80. The fraction of sp³-hybridized carbons (Fsp3) is 0.294. The Bertz CT molecular complexity index is 729. The Morgan fingerprint density at radius 1 is 1.08 bits per heavy atom. The molecule has 0 amide bonds. The topological polar surface area (TPSA) is 77.0 Å². The molecule has 1 aromatic carbocycles. The molecule has 2 heterocycles.